The van der Waals surface area contributed by atoms with E-state index in [-0.39, 0.29) is 6.03 Å². The molecule has 0 bridgehead atoms. The van der Waals surface area contributed by atoms with Gasteiger partial charge in [0, 0.05) is 44.5 Å². The Bertz CT molecular complexity index is 742. The van der Waals surface area contributed by atoms with Crippen LogP contribution >= 0.6 is 0 Å². The van der Waals surface area contributed by atoms with Gasteiger partial charge in [-0.1, -0.05) is 36.8 Å². The van der Waals surface area contributed by atoms with Crippen molar-refractivity contribution in [3.63, 3.8) is 0 Å². The highest BCUT2D eigenvalue weighted by atomic mass is 16.2. The molecule has 27 heavy (non-hydrogen) atoms. The Morgan fingerprint density at radius 2 is 1.89 bits per heavy atom. The molecule has 0 saturated carbocycles. The predicted octanol–water partition coefficient (Wildman–Crippen LogP) is 4.07. The first-order valence-electron chi connectivity index (χ1n) is 10.2. The Kier molecular flexibility index (Phi) is 6.54. The number of likely N-dealkylation sites (tertiary alicyclic amines) is 1. The molecule has 3 rings (SSSR count). The number of aryl methyl sites for hydroxylation is 2. The lowest BCUT2D eigenvalue weighted by Gasteiger charge is -2.32. The van der Waals surface area contributed by atoms with Crippen molar-refractivity contribution in [3.05, 3.63) is 53.1 Å². The van der Waals surface area contributed by atoms with E-state index in [1.54, 1.807) is 0 Å². The van der Waals surface area contributed by atoms with E-state index in [0.29, 0.717) is 12.5 Å². The molecule has 1 fully saturated rings. The maximum Gasteiger partial charge on any atom is 0.317 e. The van der Waals surface area contributed by atoms with E-state index in [0.717, 1.165) is 50.9 Å². The number of carbonyl (C=O) groups is 1. The Balaban J connectivity index is 1.45. The van der Waals surface area contributed by atoms with Gasteiger partial charge in [-0.05, 0) is 44.6 Å². The molecule has 5 heteroatoms. The monoisotopic (exact) mass is 368 g/mol. The molecule has 1 saturated heterocycles. The number of piperidine rings is 1. The zero-order valence-corrected chi connectivity index (χ0v) is 16.9. The number of aromatic nitrogens is 2. The summed E-state index contributed by atoms with van der Waals surface area (Å²) in [5.41, 5.74) is 3.63. The second kappa shape index (κ2) is 9.07. The number of urea groups is 1. The number of hydrogen-bond acceptors (Lipinski definition) is 2. The Hall–Kier alpha value is -2.30. The first-order chi connectivity index (χ1) is 13.1. The van der Waals surface area contributed by atoms with Gasteiger partial charge in [-0.2, -0.15) is 0 Å². The van der Waals surface area contributed by atoms with Crippen molar-refractivity contribution < 1.29 is 4.79 Å². The summed E-state index contributed by atoms with van der Waals surface area (Å²) in [5, 5.41) is 3.05. The zero-order chi connectivity index (χ0) is 19.2. The Labute approximate surface area is 162 Å². The molecule has 146 valence electrons. The second-order valence-corrected chi connectivity index (χ2v) is 7.75. The van der Waals surface area contributed by atoms with Gasteiger partial charge in [0.25, 0.3) is 0 Å². The fourth-order valence-electron chi connectivity index (χ4n) is 3.80. The minimum Gasteiger partial charge on any atom is -0.334 e. The molecule has 1 aliphatic heterocycles. The summed E-state index contributed by atoms with van der Waals surface area (Å²) in [4.78, 5) is 19.0. The van der Waals surface area contributed by atoms with Gasteiger partial charge >= 0.3 is 6.03 Å². The first-order valence-corrected chi connectivity index (χ1v) is 10.2. The van der Waals surface area contributed by atoms with Gasteiger partial charge in [0.05, 0.1) is 0 Å². The number of hydrogen-bond donors (Lipinski definition) is 1. The van der Waals surface area contributed by atoms with Crippen LogP contribution in [0.5, 0.6) is 0 Å². The number of rotatable bonds is 6. The van der Waals surface area contributed by atoms with Gasteiger partial charge in [0.15, 0.2) is 0 Å². The van der Waals surface area contributed by atoms with E-state index in [1.165, 1.54) is 17.1 Å². The van der Waals surface area contributed by atoms with Crippen molar-refractivity contribution >= 4 is 6.03 Å². The summed E-state index contributed by atoms with van der Waals surface area (Å²) in [5.74, 6) is 1.82. The number of carbonyl (C=O) groups excluding carboxylic acids is 1. The van der Waals surface area contributed by atoms with E-state index < -0.39 is 0 Å². The maximum absolute atomic E-state index is 12.4. The predicted molar refractivity (Wildman–Crippen MR) is 109 cm³/mol. The van der Waals surface area contributed by atoms with Crippen molar-refractivity contribution in [2.24, 2.45) is 5.92 Å². The number of amides is 2. The van der Waals surface area contributed by atoms with Crippen LogP contribution in [0.15, 0.2) is 30.5 Å². The lowest BCUT2D eigenvalue weighted by atomic mass is 9.93. The summed E-state index contributed by atoms with van der Waals surface area (Å²) < 4.78 is 2.35. The molecule has 2 aromatic rings. The highest BCUT2D eigenvalue weighted by Crippen LogP contribution is 2.22. The standard InChI is InChI=1S/C22H32N4O/c1-4-11-26-18(3)15-23-21(26)14-19-9-12-25(13-10-19)22(27)24-16-20-7-5-17(2)6-8-20/h5-8,15,19H,4,9-14,16H2,1-3H3,(H,24,27). The first kappa shape index (κ1) is 19.5. The van der Waals surface area contributed by atoms with Gasteiger partial charge in [-0.25, -0.2) is 9.78 Å². The van der Waals surface area contributed by atoms with Crippen LogP contribution < -0.4 is 5.32 Å². The molecule has 1 aromatic heterocycles. The number of nitrogens with one attached hydrogen (secondary N) is 1. The normalized spacial score (nSPS) is 15.1. The molecular weight excluding hydrogens is 336 g/mol. The molecule has 1 aliphatic rings. The second-order valence-electron chi connectivity index (χ2n) is 7.75. The average Bonchev–Trinajstić information content (AvgIpc) is 3.02. The van der Waals surface area contributed by atoms with Crippen LogP contribution in [0.2, 0.25) is 0 Å². The fraction of sp³-hybridized carbons (Fsp3) is 0.545. The molecule has 2 heterocycles. The molecule has 1 N–H and O–H groups in total. The molecular formula is C22H32N4O. The molecule has 0 atom stereocenters. The summed E-state index contributed by atoms with van der Waals surface area (Å²) >= 11 is 0. The average molecular weight is 369 g/mol. The number of nitrogens with zero attached hydrogens (tertiary/aromatic N) is 3. The molecule has 0 unspecified atom stereocenters. The highest BCUT2D eigenvalue weighted by Gasteiger charge is 2.24. The quantitative estimate of drug-likeness (QED) is 0.835. The molecule has 0 spiro atoms. The van der Waals surface area contributed by atoms with Crippen LogP contribution in [0.25, 0.3) is 0 Å². The number of benzene rings is 1. The lowest BCUT2D eigenvalue weighted by Crippen LogP contribution is -2.44. The van der Waals surface area contributed by atoms with Crippen LogP contribution in [-0.4, -0.2) is 33.6 Å². The van der Waals surface area contributed by atoms with E-state index >= 15 is 0 Å². The van der Waals surface area contributed by atoms with Crippen LogP contribution in [0.3, 0.4) is 0 Å². The molecule has 0 aliphatic carbocycles. The van der Waals surface area contributed by atoms with Crippen molar-refractivity contribution in [1.82, 2.24) is 19.8 Å². The van der Waals surface area contributed by atoms with Crippen molar-refractivity contribution in [3.8, 4) is 0 Å². The Morgan fingerprint density at radius 3 is 2.56 bits per heavy atom. The third-order valence-corrected chi connectivity index (χ3v) is 5.52. The van der Waals surface area contributed by atoms with Crippen LogP contribution in [0.1, 0.15) is 48.8 Å². The molecule has 5 nitrogen and oxygen atoms in total. The van der Waals surface area contributed by atoms with Crippen LogP contribution in [0, 0.1) is 19.8 Å². The van der Waals surface area contributed by atoms with Crippen molar-refractivity contribution in [2.75, 3.05) is 13.1 Å². The fourth-order valence-corrected chi connectivity index (χ4v) is 3.80. The highest BCUT2D eigenvalue weighted by molar-refractivity contribution is 5.74. The SMILES string of the molecule is CCCn1c(C)cnc1CC1CCN(C(=O)NCc2ccc(C)cc2)CC1. The third-order valence-electron chi connectivity index (χ3n) is 5.52. The zero-order valence-electron chi connectivity index (χ0n) is 16.9. The molecule has 1 aromatic carbocycles. The van der Waals surface area contributed by atoms with Gasteiger partial charge in [-0.15, -0.1) is 0 Å². The van der Waals surface area contributed by atoms with Crippen LogP contribution in [-0.2, 0) is 19.5 Å². The summed E-state index contributed by atoms with van der Waals surface area (Å²) in [6.07, 6.45) is 6.24. The minimum absolute atomic E-state index is 0.0531. The summed E-state index contributed by atoms with van der Waals surface area (Å²) in [7, 11) is 0. The minimum atomic E-state index is 0.0531. The van der Waals surface area contributed by atoms with E-state index in [4.69, 9.17) is 0 Å². The van der Waals surface area contributed by atoms with Crippen LogP contribution in [0.4, 0.5) is 4.79 Å². The van der Waals surface area contributed by atoms with Gasteiger partial charge in [-0.3, -0.25) is 0 Å². The molecule has 0 radical (unpaired) electrons. The van der Waals surface area contributed by atoms with Crippen molar-refractivity contribution in [1.29, 1.82) is 0 Å². The van der Waals surface area contributed by atoms with E-state index in [2.05, 4.69) is 59.9 Å². The smallest absolute Gasteiger partial charge is 0.317 e. The van der Waals surface area contributed by atoms with Gasteiger partial charge < -0.3 is 14.8 Å². The van der Waals surface area contributed by atoms with E-state index in [1.807, 2.05) is 11.1 Å². The maximum atomic E-state index is 12.4. The van der Waals surface area contributed by atoms with E-state index in [9.17, 15) is 4.79 Å². The largest absolute Gasteiger partial charge is 0.334 e. The van der Waals surface area contributed by atoms with Gasteiger partial charge in [0.1, 0.15) is 5.82 Å². The van der Waals surface area contributed by atoms with Gasteiger partial charge in [0.2, 0.25) is 0 Å². The summed E-state index contributed by atoms with van der Waals surface area (Å²) in [6, 6.07) is 8.36. The Morgan fingerprint density at radius 1 is 1.19 bits per heavy atom. The third kappa shape index (κ3) is 5.12. The molecule has 2 amide bonds. The number of imidazole rings is 1. The van der Waals surface area contributed by atoms with Crippen molar-refractivity contribution in [2.45, 2.75) is 59.5 Å². The summed E-state index contributed by atoms with van der Waals surface area (Å²) in [6.45, 7) is 9.70. The topological polar surface area (TPSA) is 50.2 Å². The lowest BCUT2D eigenvalue weighted by molar-refractivity contribution is 0.169.